The van der Waals surface area contributed by atoms with E-state index in [9.17, 15) is 10.2 Å². The van der Waals surface area contributed by atoms with E-state index in [-0.39, 0.29) is 12.5 Å². The Kier molecular flexibility index (Phi) is 7.52. The topological polar surface area (TPSA) is 76.8 Å². The molecule has 0 aliphatic heterocycles. The summed E-state index contributed by atoms with van der Waals surface area (Å²) >= 11 is 0. The van der Waals surface area contributed by atoms with E-state index >= 15 is 0 Å². The number of aromatic nitrogens is 1. The number of hydrogen-bond donors (Lipinski definition) is 3. The van der Waals surface area contributed by atoms with Crippen molar-refractivity contribution in [3.05, 3.63) is 65.5 Å². The second-order valence-electron chi connectivity index (χ2n) is 6.60. The molecule has 25 heavy (non-hydrogen) atoms. The second kappa shape index (κ2) is 9.63. The molecule has 0 saturated carbocycles. The van der Waals surface area contributed by atoms with Crippen LogP contribution in [-0.4, -0.2) is 51.4 Å². The fourth-order valence-corrected chi connectivity index (χ4v) is 2.76. The highest BCUT2D eigenvalue weighted by molar-refractivity contribution is 5.24. The maximum absolute atomic E-state index is 10.5. The summed E-state index contributed by atoms with van der Waals surface area (Å²) in [7, 11) is 1.96. The molecule has 1 aromatic carbocycles. The standard InChI is InChI=1S/C20H28N2O3/c1-15(20(25)17-8-6-16(14-23)7-9-17)19(24)13-22(2)12-10-18-5-3-4-11-21-18/h3-9,11,15,19-20,23-25H,10,12-14H2,1-2H3. The zero-order valence-corrected chi connectivity index (χ0v) is 14.9. The molecule has 3 N–H and O–H groups in total. The molecule has 3 unspecified atom stereocenters. The Balaban J connectivity index is 1.84. The fraction of sp³-hybridized carbons (Fsp3) is 0.450. The van der Waals surface area contributed by atoms with Gasteiger partial charge < -0.3 is 20.2 Å². The van der Waals surface area contributed by atoms with E-state index in [4.69, 9.17) is 5.11 Å². The normalized spacial score (nSPS) is 15.1. The van der Waals surface area contributed by atoms with Crippen LogP contribution in [0.4, 0.5) is 0 Å². The lowest BCUT2D eigenvalue weighted by Gasteiger charge is -2.28. The van der Waals surface area contributed by atoms with Gasteiger partial charge in [0.2, 0.25) is 0 Å². The summed E-state index contributed by atoms with van der Waals surface area (Å²) in [6, 6.07) is 13.0. The molecule has 5 nitrogen and oxygen atoms in total. The van der Waals surface area contributed by atoms with Gasteiger partial charge in [0, 0.05) is 37.3 Å². The molecule has 3 atom stereocenters. The van der Waals surface area contributed by atoms with Crippen molar-refractivity contribution in [1.82, 2.24) is 9.88 Å². The number of benzene rings is 1. The third kappa shape index (κ3) is 5.90. The molecule has 2 rings (SSSR count). The van der Waals surface area contributed by atoms with Crippen LogP contribution in [-0.2, 0) is 13.0 Å². The summed E-state index contributed by atoms with van der Waals surface area (Å²) in [5.74, 6) is -0.294. The number of nitrogens with zero attached hydrogens (tertiary/aromatic N) is 2. The molecule has 0 amide bonds. The minimum Gasteiger partial charge on any atom is -0.392 e. The van der Waals surface area contributed by atoms with Crippen molar-refractivity contribution in [3.8, 4) is 0 Å². The molecule has 0 saturated heterocycles. The van der Waals surface area contributed by atoms with Gasteiger partial charge in [-0.2, -0.15) is 0 Å². The zero-order valence-electron chi connectivity index (χ0n) is 14.9. The number of rotatable bonds is 9. The Morgan fingerprint density at radius 3 is 2.40 bits per heavy atom. The lowest BCUT2D eigenvalue weighted by atomic mass is 9.92. The van der Waals surface area contributed by atoms with Crippen molar-refractivity contribution in [2.45, 2.75) is 32.2 Å². The molecule has 2 aromatic rings. The van der Waals surface area contributed by atoms with Crippen molar-refractivity contribution < 1.29 is 15.3 Å². The molecule has 0 fully saturated rings. The van der Waals surface area contributed by atoms with Gasteiger partial charge in [0.15, 0.2) is 0 Å². The third-order valence-corrected chi connectivity index (χ3v) is 4.58. The van der Waals surface area contributed by atoms with E-state index in [1.807, 2.05) is 32.2 Å². The zero-order chi connectivity index (χ0) is 18.2. The maximum Gasteiger partial charge on any atom is 0.0840 e. The van der Waals surface area contributed by atoms with Gasteiger partial charge in [0.1, 0.15) is 0 Å². The highest BCUT2D eigenvalue weighted by Gasteiger charge is 2.24. The Morgan fingerprint density at radius 1 is 1.08 bits per heavy atom. The average Bonchev–Trinajstić information content (AvgIpc) is 2.66. The Bertz CT molecular complexity index is 619. The number of pyridine rings is 1. The lowest BCUT2D eigenvalue weighted by molar-refractivity contribution is 0.00568. The smallest absolute Gasteiger partial charge is 0.0840 e. The van der Waals surface area contributed by atoms with Gasteiger partial charge in [-0.05, 0) is 30.3 Å². The van der Waals surface area contributed by atoms with Crippen molar-refractivity contribution >= 4 is 0 Å². The molecular weight excluding hydrogens is 316 g/mol. The van der Waals surface area contributed by atoms with Crippen molar-refractivity contribution in [2.24, 2.45) is 5.92 Å². The molecule has 0 spiro atoms. The van der Waals surface area contributed by atoms with Gasteiger partial charge in [-0.3, -0.25) is 4.98 Å². The highest BCUT2D eigenvalue weighted by Crippen LogP contribution is 2.25. The maximum atomic E-state index is 10.5. The van der Waals surface area contributed by atoms with Crippen molar-refractivity contribution in [1.29, 1.82) is 0 Å². The quantitative estimate of drug-likeness (QED) is 0.646. The van der Waals surface area contributed by atoms with Crippen LogP contribution >= 0.6 is 0 Å². The molecule has 1 heterocycles. The van der Waals surface area contributed by atoms with Crippen LogP contribution in [0.3, 0.4) is 0 Å². The summed E-state index contributed by atoms with van der Waals surface area (Å²) in [6.45, 7) is 3.11. The van der Waals surface area contributed by atoms with Crippen LogP contribution in [0.5, 0.6) is 0 Å². The van der Waals surface area contributed by atoms with E-state index in [0.717, 1.165) is 29.8 Å². The van der Waals surface area contributed by atoms with E-state index in [1.165, 1.54) is 0 Å². The van der Waals surface area contributed by atoms with Gasteiger partial charge in [-0.25, -0.2) is 0 Å². The summed E-state index contributed by atoms with van der Waals surface area (Å²) in [5, 5.41) is 30.0. The Labute approximate surface area is 149 Å². The van der Waals surface area contributed by atoms with E-state index in [0.29, 0.717) is 6.54 Å². The first-order valence-electron chi connectivity index (χ1n) is 8.65. The van der Waals surface area contributed by atoms with Crippen LogP contribution in [0.15, 0.2) is 48.7 Å². The Hall–Kier alpha value is -1.79. The molecular formula is C20H28N2O3. The van der Waals surface area contributed by atoms with Gasteiger partial charge in [0.25, 0.3) is 0 Å². The van der Waals surface area contributed by atoms with Crippen LogP contribution in [0, 0.1) is 5.92 Å². The number of hydrogen-bond acceptors (Lipinski definition) is 5. The molecule has 0 aliphatic carbocycles. The Morgan fingerprint density at radius 2 is 1.80 bits per heavy atom. The summed E-state index contributed by atoms with van der Waals surface area (Å²) < 4.78 is 0. The van der Waals surface area contributed by atoms with E-state index in [2.05, 4.69) is 9.88 Å². The SMILES string of the molecule is CC(C(O)CN(C)CCc1ccccn1)C(O)c1ccc(CO)cc1. The van der Waals surface area contributed by atoms with Gasteiger partial charge in [0.05, 0.1) is 18.8 Å². The first kappa shape index (κ1) is 19.5. The molecule has 1 aromatic heterocycles. The van der Waals surface area contributed by atoms with Crippen LogP contribution in [0.2, 0.25) is 0 Å². The molecule has 136 valence electrons. The van der Waals surface area contributed by atoms with Gasteiger partial charge >= 0.3 is 0 Å². The van der Waals surface area contributed by atoms with Gasteiger partial charge in [-0.15, -0.1) is 0 Å². The van der Waals surface area contributed by atoms with Crippen LogP contribution in [0.25, 0.3) is 0 Å². The fourth-order valence-electron chi connectivity index (χ4n) is 2.76. The molecule has 5 heteroatoms. The minimum absolute atomic E-state index is 0.0182. The van der Waals surface area contributed by atoms with Crippen LogP contribution in [0.1, 0.15) is 29.8 Å². The van der Waals surface area contributed by atoms with Crippen molar-refractivity contribution in [3.63, 3.8) is 0 Å². The summed E-state index contributed by atoms with van der Waals surface area (Å²) in [6.07, 6.45) is 1.22. The first-order valence-corrected chi connectivity index (χ1v) is 8.65. The molecule has 0 bridgehead atoms. The minimum atomic E-state index is -0.744. The first-order chi connectivity index (χ1) is 12.0. The highest BCUT2D eigenvalue weighted by atomic mass is 16.3. The van der Waals surface area contributed by atoms with Gasteiger partial charge in [-0.1, -0.05) is 37.3 Å². The average molecular weight is 344 g/mol. The van der Waals surface area contributed by atoms with E-state index in [1.54, 1.807) is 30.5 Å². The predicted octanol–water partition coefficient (Wildman–Crippen LogP) is 1.78. The second-order valence-corrected chi connectivity index (χ2v) is 6.60. The number of aliphatic hydroxyl groups excluding tert-OH is 3. The molecule has 0 aliphatic rings. The number of likely N-dealkylation sites (N-methyl/N-ethyl adjacent to an activating group) is 1. The largest absolute Gasteiger partial charge is 0.392 e. The van der Waals surface area contributed by atoms with Crippen molar-refractivity contribution in [2.75, 3.05) is 20.1 Å². The molecule has 0 radical (unpaired) electrons. The number of aliphatic hydroxyl groups is 3. The third-order valence-electron chi connectivity index (χ3n) is 4.58. The monoisotopic (exact) mass is 344 g/mol. The summed E-state index contributed by atoms with van der Waals surface area (Å²) in [5.41, 5.74) is 2.58. The van der Waals surface area contributed by atoms with Crippen LogP contribution < -0.4 is 0 Å². The predicted molar refractivity (Wildman–Crippen MR) is 97.9 cm³/mol. The van der Waals surface area contributed by atoms with E-state index < -0.39 is 12.2 Å². The summed E-state index contributed by atoms with van der Waals surface area (Å²) in [4.78, 5) is 6.35. The lowest BCUT2D eigenvalue weighted by Crippen LogP contribution is -2.36.